The average molecular weight is 261 g/mol. The van der Waals surface area contributed by atoms with Crippen molar-refractivity contribution in [2.45, 2.75) is 13.8 Å². The van der Waals surface area contributed by atoms with E-state index in [2.05, 4.69) is 10.3 Å². The Bertz CT molecular complexity index is 596. The molecule has 4 heteroatoms. The number of aryl methyl sites for hydroxylation is 1. The van der Waals surface area contributed by atoms with E-state index in [0.29, 0.717) is 10.6 Å². The van der Waals surface area contributed by atoms with Crippen LogP contribution in [0, 0.1) is 13.8 Å². The maximum atomic E-state index is 12.1. The molecular weight excluding hydrogens is 248 g/mol. The Morgan fingerprint density at radius 3 is 2.78 bits per heavy atom. The number of aromatic nitrogens is 1. The minimum absolute atomic E-state index is 0.175. The van der Waals surface area contributed by atoms with Gasteiger partial charge >= 0.3 is 0 Å². The van der Waals surface area contributed by atoms with E-state index < -0.39 is 0 Å². The number of halogens is 1. The lowest BCUT2D eigenvalue weighted by Gasteiger charge is -2.10. The summed E-state index contributed by atoms with van der Waals surface area (Å²) in [6, 6.07) is 7.23. The fourth-order valence-corrected chi connectivity index (χ4v) is 1.81. The van der Waals surface area contributed by atoms with Crippen LogP contribution in [0.3, 0.4) is 0 Å². The molecule has 0 aliphatic rings. The maximum absolute atomic E-state index is 12.1. The van der Waals surface area contributed by atoms with Gasteiger partial charge in [0.05, 0.1) is 5.56 Å². The van der Waals surface area contributed by atoms with E-state index in [-0.39, 0.29) is 5.91 Å². The minimum atomic E-state index is -0.175. The maximum Gasteiger partial charge on any atom is 0.257 e. The topological polar surface area (TPSA) is 42.0 Å². The zero-order valence-electron chi connectivity index (χ0n) is 10.2. The molecule has 0 radical (unpaired) electrons. The van der Waals surface area contributed by atoms with E-state index in [0.717, 1.165) is 16.8 Å². The molecule has 2 aromatic rings. The van der Waals surface area contributed by atoms with Crippen LogP contribution < -0.4 is 5.32 Å². The molecule has 0 saturated heterocycles. The molecule has 1 aromatic carbocycles. The lowest BCUT2D eigenvalue weighted by atomic mass is 10.1. The molecule has 1 heterocycles. The summed E-state index contributed by atoms with van der Waals surface area (Å²) in [7, 11) is 0. The standard InChI is InChI=1S/C14H13ClN2O/c1-9-6-7-16-8-11(9)14(18)17-13-5-3-4-12(15)10(13)2/h3-8H,1-2H3,(H,17,18). The van der Waals surface area contributed by atoms with E-state index in [9.17, 15) is 4.79 Å². The predicted octanol–water partition coefficient (Wildman–Crippen LogP) is 3.60. The summed E-state index contributed by atoms with van der Waals surface area (Å²) in [5.74, 6) is -0.175. The molecular formula is C14H13ClN2O. The molecule has 0 aliphatic carbocycles. The van der Waals surface area contributed by atoms with Crippen molar-refractivity contribution in [3.63, 3.8) is 0 Å². The van der Waals surface area contributed by atoms with Crippen molar-refractivity contribution in [3.8, 4) is 0 Å². The molecule has 0 atom stereocenters. The molecule has 0 bridgehead atoms. The van der Waals surface area contributed by atoms with Crippen molar-refractivity contribution in [1.29, 1.82) is 0 Å². The minimum Gasteiger partial charge on any atom is -0.322 e. The van der Waals surface area contributed by atoms with E-state index in [1.807, 2.05) is 19.9 Å². The average Bonchev–Trinajstić information content (AvgIpc) is 2.35. The van der Waals surface area contributed by atoms with Crippen molar-refractivity contribution in [2.24, 2.45) is 0 Å². The van der Waals surface area contributed by atoms with E-state index >= 15 is 0 Å². The third-order valence-electron chi connectivity index (χ3n) is 2.80. The molecule has 0 fully saturated rings. The van der Waals surface area contributed by atoms with Crippen LogP contribution in [-0.2, 0) is 0 Å². The van der Waals surface area contributed by atoms with Gasteiger partial charge in [0.1, 0.15) is 0 Å². The summed E-state index contributed by atoms with van der Waals surface area (Å²) in [6.07, 6.45) is 3.22. The van der Waals surface area contributed by atoms with Gasteiger partial charge in [-0.25, -0.2) is 0 Å². The summed E-state index contributed by atoms with van der Waals surface area (Å²) in [5.41, 5.74) is 3.03. The van der Waals surface area contributed by atoms with Crippen molar-refractivity contribution in [2.75, 3.05) is 5.32 Å². The lowest BCUT2D eigenvalue weighted by Crippen LogP contribution is -2.14. The first-order valence-corrected chi connectivity index (χ1v) is 5.94. The van der Waals surface area contributed by atoms with Gasteiger partial charge in [0.2, 0.25) is 0 Å². The molecule has 0 unspecified atom stereocenters. The number of anilines is 1. The van der Waals surface area contributed by atoms with Crippen LogP contribution in [0.5, 0.6) is 0 Å². The van der Waals surface area contributed by atoms with Crippen molar-refractivity contribution in [1.82, 2.24) is 4.98 Å². The number of amides is 1. The quantitative estimate of drug-likeness (QED) is 0.896. The van der Waals surface area contributed by atoms with Gasteiger partial charge in [0.25, 0.3) is 5.91 Å². The highest BCUT2D eigenvalue weighted by Gasteiger charge is 2.11. The molecule has 1 aromatic heterocycles. The van der Waals surface area contributed by atoms with Gasteiger partial charge in [-0.15, -0.1) is 0 Å². The Kier molecular flexibility index (Phi) is 3.63. The van der Waals surface area contributed by atoms with Crippen LogP contribution in [-0.4, -0.2) is 10.9 Å². The summed E-state index contributed by atoms with van der Waals surface area (Å²) >= 11 is 6.01. The fourth-order valence-electron chi connectivity index (χ4n) is 1.63. The second-order valence-corrected chi connectivity index (χ2v) is 4.46. The molecule has 0 saturated carbocycles. The van der Waals surface area contributed by atoms with E-state index in [1.165, 1.54) is 0 Å². The number of carbonyl (C=O) groups is 1. The highest BCUT2D eigenvalue weighted by atomic mass is 35.5. The number of hydrogen-bond donors (Lipinski definition) is 1. The summed E-state index contributed by atoms with van der Waals surface area (Å²) in [4.78, 5) is 16.1. The van der Waals surface area contributed by atoms with Gasteiger partial charge in [0.15, 0.2) is 0 Å². The zero-order valence-corrected chi connectivity index (χ0v) is 11.0. The summed E-state index contributed by atoms with van der Waals surface area (Å²) < 4.78 is 0. The molecule has 92 valence electrons. The Morgan fingerprint density at radius 2 is 2.06 bits per heavy atom. The number of nitrogens with zero attached hydrogens (tertiary/aromatic N) is 1. The Morgan fingerprint density at radius 1 is 1.28 bits per heavy atom. The van der Waals surface area contributed by atoms with Gasteiger partial charge in [-0.1, -0.05) is 17.7 Å². The Balaban J connectivity index is 2.27. The second-order valence-electron chi connectivity index (χ2n) is 4.06. The number of pyridine rings is 1. The monoisotopic (exact) mass is 260 g/mol. The second kappa shape index (κ2) is 5.19. The van der Waals surface area contributed by atoms with Gasteiger partial charge in [-0.3, -0.25) is 9.78 Å². The number of nitrogens with one attached hydrogen (secondary N) is 1. The largest absolute Gasteiger partial charge is 0.322 e. The SMILES string of the molecule is Cc1ccncc1C(=O)Nc1cccc(Cl)c1C. The van der Waals surface area contributed by atoms with Crippen molar-refractivity contribution < 1.29 is 4.79 Å². The van der Waals surface area contributed by atoms with Crippen molar-refractivity contribution in [3.05, 3.63) is 58.4 Å². The first-order valence-electron chi connectivity index (χ1n) is 5.56. The molecule has 0 aliphatic heterocycles. The van der Waals surface area contributed by atoms with Gasteiger partial charge in [-0.05, 0) is 43.2 Å². The van der Waals surface area contributed by atoms with Gasteiger partial charge in [-0.2, -0.15) is 0 Å². The molecule has 3 nitrogen and oxygen atoms in total. The molecule has 1 N–H and O–H groups in total. The normalized spacial score (nSPS) is 10.2. The number of benzene rings is 1. The highest BCUT2D eigenvalue weighted by Crippen LogP contribution is 2.23. The van der Waals surface area contributed by atoms with Gasteiger partial charge < -0.3 is 5.32 Å². The van der Waals surface area contributed by atoms with Crippen LogP contribution in [0.15, 0.2) is 36.7 Å². The summed E-state index contributed by atoms with van der Waals surface area (Å²) in [5, 5.41) is 3.48. The van der Waals surface area contributed by atoms with Crippen LogP contribution in [0.4, 0.5) is 5.69 Å². The summed E-state index contributed by atoms with van der Waals surface area (Å²) in [6.45, 7) is 3.75. The molecule has 0 spiro atoms. The smallest absolute Gasteiger partial charge is 0.257 e. The third-order valence-corrected chi connectivity index (χ3v) is 3.21. The van der Waals surface area contributed by atoms with Gasteiger partial charge in [0, 0.05) is 23.1 Å². The number of carbonyl (C=O) groups excluding carboxylic acids is 1. The fraction of sp³-hybridized carbons (Fsp3) is 0.143. The third kappa shape index (κ3) is 2.51. The first-order chi connectivity index (χ1) is 8.59. The van der Waals surface area contributed by atoms with E-state index in [1.54, 1.807) is 30.6 Å². The molecule has 2 rings (SSSR count). The van der Waals surface area contributed by atoms with Crippen LogP contribution in [0.2, 0.25) is 5.02 Å². The van der Waals surface area contributed by atoms with Crippen LogP contribution >= 0.6 is 11.6 Å². The first kappa shape index (κ1) is 12.6. The molecule has 18 heavy (non-hydrogen) atoms. The Hall–Kier alpha value is -1.87. The highest BCUT2D eigenvalue weighted by molar-refractivity contribution is 6.31. The number of hydrogen-bond acceptors (Lipinski definition) is 2. The van der Waals surface area contributed by atoms with Crippen LogP contribution in [0.25, 0.3) is 0 Å². The lowest BCUT2D eigenvalue weighted by molar-refractivity contribution is 0.102. The zero-order chi connectivity index (χ0) is 13.1. The predicted molar refractivity (Wildman–Crippen MR) is 73.1 cm³/mol. The van der Waals surface area contributed by atoms with Crippen molar-refractivity contribution >= 4 is 23.2 Å². The Labute approximate surface area is 111 Å². The van der Waals surface area contributed by atoms with E-state index in [4.69, 9.17) is 11.6 Å². The number of rotatable bonds is 2. The molecule has 1 amide bonds. The van der Waals surface area contributed by atoms with Crippen LogP contribution in [0.1, 0.15) is 21.5 Å².